The normalized spacial score (nSPS) is 22.5. The summed E-state index contributed by atoms with van der Waals surface area (Å²) in [4.78, 5) is 0. The molecule has 1 unspecified atom stereocenters. The van der Waals surface area contributed by atoms with Gasteiger partial charge in [0.05, 0.1) is 0 Å². The minimum absolute atomic E-state index is 0.755. The fourth-order valence-electron chi connectivity index (χ4n) is 2.17. The van der Waals surface area contributed by atoms with E-state index in [9.17, 15) is 0 Å². The molecule has 12 heavy (non-hydrogen) atoms. The molecule has 1 atom stereocenters. The lowest BCUT2D eigenvalue weighted by molar-refractivity contribution is 0.282. The van der Waals surface area contributed by atoms with Gasteiger partial charge in [-0.3, -0.25) is 0 Å². The summed E-state index contributed by atoms with van der Waals surface area (Å²) in [5.41, 5.74) is 0. The molecular weight excluding hydrogens is 146 g/mol. The van der Waals surface area contributed by atoms with Gasteiger partial charge in [0.15, 0.2) is 0 Å². The fourth-order valence-corrected chi connectivity index (χ4v) is 2.17. The van der Waals surface area contributed by atoms with Crippen molar-refractivity contribution in [3.05, 3.63) is 0 Å². The Labute approximate surface area is 76.9 Å². The predicted molar refractivity (Wildman–Crippen MR) is 54.3 cm³/mol. The lowest BCUT2D eigenvalue weighted by Gasteiger charge is -2.28. The second-order valence-corrected chi connectivity index (χ2v) is 4.14. The topological polar surface area (TPSA) is 12.0 Å². The van der Waals surface area contributed by atoms with Crippen LogP contribution in [0.25, 0.3) is 0 Å². The molecule has 0 heterocycles. The number of rotatable bonds is 4. The first-order valence-corrected chi connectivity index (χ1v) is 5.58. The second-order valence-electron chi connectivity index (χ2n) is 4.14. The average molecular weight is 169 g/mol. The van der Waals surface area contributed by atoms with Crippen LogP contribution in [0.5, 0.6) is 0 Å². The lowest BCUT2D eigenvalue weighted by atomic mass is 9.84. The van der Waals surface area contributed by atoms with Crippen LogP contribution in [0.4, 0.5) is 0 Å². The van der Waals surface area contributed by atoms with Crippen molar-refractivity contribution < 1.29 is 0 Å². The van der Waals surface area contributed by atoms with Gasteiger partial charge in [-0.25, -0.2) is 0 Å². The van der Waals surface area contributed by atoms with Gasteiger partial charge in [-0.2, -0.15) is 0 Å². The SMILES string of the molecule is CCCNC(C)C1CCCCC1. The second kappa shape index (κ2) is 5.58. The van der Waals surface area contributed by atoms with Gasteiger partial charge in [-0.05, 0) is 38.6 Å². The number of nitrogens with one attached hydrogen (secondary N) is 1. The number of hydrogen-bond donors (Lipinski definition) is 1. The van der Waals surface area contributed by atoms with Gasteiger partial charge >= 0.3 is 0 Å². The minimum Gasteiger partial charge on any atom is -0.314 e. The maximum absolute atomic E-state index is 3.60. The van der Waals surface area contributed by atoms with E-state index >= 15 is 0 Å². The highest BCUT2D eigenvalue weighted by Crippen LogP contribution is 2.26. The summed E-state index contributed by atoms with van der Waals surface area (Å²) in [6.45, 7) is 5.78. The Morgan fingerprint density at radius 1 is 1.25 bits per heavy atom. The fraction of sp³-hybridized carbons (Fsp3) is 1.00. The maximum Gasteiger partial charge on any atom is 0.00669 e. The van der Waals surface area contributed by atoms with Gasteiger partial charge in [-0.15, -0.1) is 0 Å². The first kappa shape index (κ1) is 10.0. The Balaban J connectivity index is 2.15. The van der Waals surface area contributed by atoms with Crippen LogP contribution in [-0.4, -0.2) is 12.6 Å². The Morgan fingerprint density at radius 2 is 1.92 bits per heavy atom. The zero-order valence-electron chi connectivity index (χ0n) is 8.60. The standard InChI is InChI=1S/C11H23N/c1-3-9-12-10(2)11-7-5-4-6-8-11/h10-12H,3-9H2,1-2H3. The van der Waals surface area contributed by atoms with E-state index in [2.05, 4.69) is 19.2 Å². The first-order chi connectivity index (χ1) is 5.84. The Kier molecular flexibility index (Phi) is 4.67. The van der Waals surface area contributed by atoms with Gasteiger partial charge in [0.1, 0.15) is 0 Å². The Hall–Kier alpha value is -0.0400. The lowest BCUT2D eigenvalue weighted by Crippen LogP contribution is -2.35. The van der Waals surface area contributed by atoms with E-state index in [1.165, 1.54) is 45.1 Å². The summed E-state index contributed by atoms with van der Waals surface area (Å²) >= 11 is 0. The quantitative estimate of drug-likeness (QED) is 0.682. The van der Waals surface area contributed by atoms with Crippen LogP contribution in [0.1, 0.15) is 52.4 Å². The molecule has 0 radical (unpaired) electrons. The van der Waals surface area contributed by atoms with Crippen molar-refractivity contribution in [1.82, 2.24) is 5.32 Å². The van der Waals surface area contributed by atoms with Crippen LogP contribution in [-0.2, 0) is 0 Å². The van der Waals surface area contributed by atoms with E-state index in [1.54, 1.807) is 0 Å². The molecule has 72 valence electrons. The molecule has 1 aliphatic rings. The van der Waals surface area contributed by atoms with Crippen LogP contribution >= 0.6 is 0 Å². The highest BCUT2D eigenvalue weighted by atomic mass is 14.9. The summed E-state index contributed by atoms with van der Waals surface area (Å²) in [6, 6.07) is 0.755. The van der Waals surface area contributed by atoms with Gasteiger partial charge in [-0.1, -0.05) is 26.2 Å². The predicted octanol–water partition coefficient (Wildman–Crippen LogP) is 2.95. The van der Waals surface area contributed by atoms with E-state index in [1.807, 2.05) is 0 Å². The molecule has 1 rings (SSSR count). The van der Waals surface area contributed by atoms with Crippen LogP contribution in [0, 0.1) is 5.92 Å². The molecule has 0 aromatic rings. The Bertz CT molecular complexity index is 106. The third-order valence-corrected chi connectivity index (χ3v) is 3.07. The molecule has 0 bridgehead atoms. The molecule has 0 spiro atoms. The molecule has 1 saturated carbocycles. The third-order valence-electron chi connectivity index (χ3n) is 3.07. The van der Waals surface area contributed by atoms with Crippen LogP contribution in [0.15, 0.2) is 0 Å². The van der Waals surface area contributed by atoms with Gasteiger partial charge in [0.25, 0.3) is 0 Å². The summed E-state index contributed by atoms with van der Waals surface area (Å²) in [5, 5.41) is 3.60. The zero-order valence-corrected chi connectivity index (χ0v) is 8.60. The molecule has 1 heteroatoms. The van der Waals surface area contributed by atoms with E-state index in [4.69, 9.17) is 0 Å². The van der Waals surface area contributed by atoms with Crippen LogP contribution in [0.3, 0.4) is 0 Å². The molecular formula is C11H23N. The zero-order chi connectivity index (χ0) is 8.81. The van der Waals surface area contributed by atoms with E-state index in [-0.39, 0.29) is 0 Å². The summed E-state index contributed by atoms with van der Waals surface area (Å²) in [7, 11) is 0. The van der Waals surface area contributed by atoms with E-state index < -0.39 is 0 Å². The molecule has 0 aromatic heterocycles. The minimum atomic E-state index is 0.755. The largest absolute Gasteiger partial charge is 0.314 e. The molecule has 0 amide bonds. The summed E-state index contributed by atoms with van der Waals surface area (Å²) < 4.78 is 0. The molecule has 1 fully saturated rings. The van der Waals surface area contributed by atoms with Crippen molar-refractivity contribution in [2.45, 2.75) is 58.4 Å². The van der Waals surface area contributed by atoms with Crippen molar-refractivity contribution in [2.24, 2.45) is 5.92 Å². The third kappa shape index (κ3) is 3.14. The van der Waals surface area contributed by atoms with E-state index in [0.717, 1.165) is 12.0 Å². The van der Waals surface area contributed by atoms with Crippen molar-refractivity contribution in [2.75, 3.05) is 6.54 Å². The highest BCUT2D eigenvalue weighted by molar-refractivity contribution is 4.75. The molecule has 0 aliphatic heterocycles. The van der Waals surface area contributed by atoms with Crippen molar-refractivity contribution in [1.29, 1.82) is 0 Å². The number of hydrogen-bond acceptors (Lipinski definition) is 1. The van der Waals surface area contributed by atoms with Crippen LogP contribution in [0.2, 0.25) is 0 Å². The van der Waals surface area contributed by atoms with Crippen molar-refractivity contribution in [3.8, 4) is 0 Å². The van der Waals surface area contributed by atoms with Gasteiger partial charge in [0, 0.05) is 6.04 Å². The highest BCUT2D eigenvalue weighted by Gasteiger charge is 2.18. The van der Waals surface area contributed by atoms with Crippen molar-refractivity contribution >= 4 is 0 Å². The van der Waals surface area contributed by atoms with Crippen LogP contribution < -0.4 is 5.32 Å². The average Bonchev–Trinajstić information content (AvgIpc) is 2.15. The molecule has 1 nitrogen and oxygen atoms in total. The van der Waals surface area contributed by atoms with E-state index in [0.29, 0.717) is 0 Å². The first-order valence-electron chi connectivity index (χ1n) is 5.58. The molecule has 1 aliphatic carbocycles. The van der Waals surface area contributed by atoms with Crippen molar-refractivity contribution in [3.63, 3.8) is 0 Å². The monoisotopic (exact) mass is 169 g/mol. The summed E-state index contributed by atoms with van der Waals surface area (Å²) in [5.74, 6) is 0.963. The Morgan fingerprint density at radius 3 is 2.50 bits per heavy atom. The molecule has 0 saturated heterocycles. The smallest absolute Gasteiger partial charge is 0.00669 e. The van der Waals surface area contributed by atoms with Gasteiger partial charge < -0.3 is 5.32 Å². The molecule has 1 N–H and O–H groups in total. The molecule has 0 aromatic carbocycles. The summed E-state index contributed by atoms with van der Waals surface area (Å²) in [6.07, 6.45) is 8.56. The van der Waals surface area contributed by atoms with Gasteiger partial charge in [0.2, 0.25) is 0 Å². The maximum atomic E-state index is 3.60.